The summed E-state index contributed by atoms with van der Waals surface area (Å²) in [6, 6.07) is 28.0. The summed E-state index contributed by atoms with van der Waals surface area (Å²) in [4.78, 5) is 13.4. The third-order valence-corrected chi connectivity index (χ3v) is 24.3. The molecule has 1 saturated heterocycles. The van der Waals surface area contributed by atoms with Gasteiger partial charge in [0.05, 0.1) is 42.8 Å². The topological polar surface area (TPSA) is 166 Å². The molecule has 12 nitrogen and oxygen atoms in total. The van der Waals surface area contributed by atoms with Gasteiger partial charge in [-0.15, -0.1) is 0 Å². The summed E-state index contributed by atoms with van der Waals surface area (Å²) < 4.78 is 34.6. The van der Waals surface area contributed by atoms with Gasteiger partial charge in [0.25, 0.3) is 0 Å². The molecule has 14 heteroatoms. The Bertz CT molecular complexity index is 3840. The first-order chi connectivity index (χ1) is 43.5. The molecule has 6 heterocycles. The minimum atomic E-state index is -0.799. The van der Waals surface area contributed by atoms with Crippen molar-refractivity contribution >= 4 is 33.6 Å². The van der Waals surface area contributed by atoms with Crippen molar-refractivity contribution in [2.75, 3.05) is 39.7 Å². The van der Waals surface area contributed by atoms with Crippen molar-refractivity contribution in [1.29, 1.82) is 0 Å². The van der Waals surface area contributed by atoms with Crippen LogP contribution in [0.3, 0.4) is 0 Å². The van der Waals surface area contributed by atoms with E-state index in [0.717, 1.165) is 113 Å². The predicted octanol–water partition coefficient (Wildman–Crippen LogP) is 12.0. The highest BCUT2D eigenvalue weighted by atomic mass is 33.1. The fourth-order valence-corrected chi connectivity index (χ4v) is 20.5. The number of nitrogens with one attached hydrogen (secondary N) is 3. The summed E-state index contributed by atoms with van der Waals surface area (Å²) in [6.07, 6.45) is 18.0. The van der Waals surface area contributed by atoms with Gasteiger partial charge in [-0.1, -0.05) is 131 Å². The van der Waals surface area contributed by atoms with Crippen LogP contribution in [0.25, 0.3) is 17.2 Å². The van der Waals surface area contributed by atoms with Crippen molar-refractivity contribution in [2.45, 2.75) is 143 Å². The molecule has 7 N–H and O–H groups in total. The van der Waals surface area contributed by atoms with Gasteiger partial charge in [-0.3, -0.25) is 4.79 Å². The van der Waals surface area contributed by atoms with Gasteiger partial charge < -0.3 is 55.6 Å². The first-order valence-electron chi connectivity index (χ1n) is 32.5. The van der Waals surface area contributed by atoms with E-state index in [1.807, 2.05) is 27.7 Å². The maximum absolute atomic E-state index is 13.8. The molecule has 1 spiro atoms. The molecule has 5 aromatic carbocycles. The fraction of sp³-hybridized carbons (Fsp3) is 0.453. The molecule has 89 heavy (non-hydrogen) atoms. The standard InChI is InChI=1S/C75H80N4O8S2/c1-42(80)85-40-60-55-18-19-56-66-51(34-53(81)35-63(66)84-3)37-75-27-25-49(36-75)58-32-45-12-7-11-44(29-45)30-48-16-15-47(17-22-61-54(58)21-24-65(76)79-61)67-59(38-77-28-26-50(48)39-83-2)70(82)73-57(68(67)71(60)86-72(55)69(56)75)20-23-62-74(87-73)64(33-43-9-5-4-6-10-43)89-88-41-46-13-8-14-52(31-46)78-62/h4-7,9-12,18-21,23-24,29,34-35,46-50,52,58,60,62,64-65,71,74,77-79,81-82H,8,13-14,25-28,30-33,36-41,76H2,1-3H3/t46-,47-,48+,49+,50+,52+,58+,60+,62+,64+,65?,71+,74+,75-/m1/s1. The predicted molar refractivity (Wildman–Crippen MR) is 352 cm³/mol. The van der Waals surface area contributed by atoms with E-state index in [-0.39, 0.29) is 65.6 Å². The van der Waals surface area contributed by atoms with Crippen molar-refractivity contribution in [3.05, 3.63) is 164 Å². The van der Waals surface area contributed by atoms with E-state index in [1.165, 1.54) is 36.5 Å². The lowest BCUT2D eigenvalue weighted by molar-refractivity contribution is -0.141. The van der Waals surface area contributed by atoms with Gasteiger partial charge in [0, 0.05) is 83.2 Å². The Morgan fingerprint density at radius 2 is 1.78 bits per heavy atom. The number of hydrogen-bond acceptors (Lipinski definition) is 14. The number of hydrogen-bond donors (Lipinski definition) is 6. The molecule has 0 radical (unpaired) electrons. The number of nitrogens with two attached hydrogens (primary N) is 1. The lowest BCUT2D eigenvalue weighted by atomic mass is 9.64. The van der Waals surface area contributed by atoms with Crippen LogP contribution in [-0.2, 0) is 51.9 Å². The number of aromatic hydroxyl groups is 2. The molecule has 6 aliphatic heterocycles. The third-order valence-electron chi connectivity index (χ3n) is 21.3. The molecule has 3 fully saturated rings. The zero-order valence-electron chi connectivity index (χ0n) is 51.1. The number of rotatable bonds is 7. The van der Waals surface area contributed by atoms with Crippen LogP contribution in [0.1, 0.15) is 132 Å². The average Bonchev–Trinajstić information content (AvgIpc) is 1.63. The van der Waals surface area contributed by atoms with Gasteiger partial charge in [0.2, 0.25) is 0 Å². The normalized spacial score (nSPS) is 30.9. The number of ether oxygens (including phenoxy) is 5. The van der Waals surface area contributed by atoms with Gasteiger partial charge >= 0.3 is 5.97 Å². The first-order valence-corrected chi connectivity index (χ1v) is 34.8. The number of carbonyl (C=O) groups is 1. The Morgan fingerprint density at radius 3 is 2.63 bits per heavy atom. The van der Waals surface area contributed by atoms with Gasteiger partial charge in [0.1, 0.15) is 42.0 Å². The van der Waals surface area contributed by atoms with E-state index >= 15 is 0 Å². The second-order valence-corrected chi connectivity index (χ2v) is 29.5. The minimum Gasteiger partial charge on any atom is -0.508 e. The third kappa shape index (κ3) is 11.0. The van der Waals surface area contributed by atoms with Gasteiger partial charge in [-0.05, 0) is 158 Å². The number of phenolic OH excluding ortho intramolecular Hbond substituents is 2. The maximum atomic E-state index is 13.8. The zero-order valence-corrected chi connectivity index (χ0v) is 52.7. The fourth-order valence-electron chi connectivity index (χ4n) is 17.3. The average molecular weight is 1230 g/mol. The highest BCUT2D eigenvalue weighted by Gasteiger charge is 2.53. The van der Waals surface area contributed by atoms with Gasteiger partial charge in [-0.2, -0.15) is 0 Å². The van der Waals surface area contributed by atoms with Crippen LogP contribution in [0.15, 0.2) is 108 Å². The quantitative estimate of drug-likeness (QED) is 0.0518. The van der Waals surface area contributed by atoms with Crippen molar-refractivity contribution in [2.24, 2.45) is 35.3 Å². The molecule has 11 bridgehead atoms. The molecule has 460 valence electrons. The maximum Gasteiger partial charge on any atom is 0.302 e. The second kappa shape index (κ2) is 24.5. The molecule has 15 rings (SSSR count). The Labute approximate surface area is 531 Å². The molecule has 0 aromatic heterocycles. The first kappa shape index (κ1) is 58.6. The Hall–Kier alpha value is -6.75. The number of methoxy groups -OCH3 is 2. The number of fused-ring (bicyclic) bond motifs is 14. The van der Waals surface area contributed by atoms with E-state index in [2.05, 4.69) is 131 Å². The van der Waals surface area contributed by atoms with E-state index < -0.39 is 35.6 Å². The van der Waals surface area contributed by atoms with Crippen LogP contribution in [-0.4, -0.2) is 85.5 Å². The van der Waals surface area contributed by atoms with Crippen LogP contribution in [0.2, 0.25) is 0 Å². The Kier molecular flexibility index (Phi) is 16.1. The van der Waals surface area contributed by atoms with E-state index in [0.29, 0.717) is 60.6 Å². The molecule has 0 amide bonds. The summed E-state index contributed by atoms with van der Waals surface area (Å²) in [5.74, 6) is 17.7. The number of dihydropyridines is 1. The van der Waals surface area contributed by atoms with Crippen molar-refractivity contribution < 1.29 is 38.7 Å². The molecular formula is C75H80N4O8S2. The smallest absolute Gasteiger partial charge is 0.302 e. The van der Waals surface area contributed by atoms with Crippen molar-refractivity contribution in [1.82, 2.24) is 16.0 Å². The highest BCUT2D eigenvalue weighted by molar-refractivity contribution is 8.77. The summed E-state index contributed by atoms with van der Waals surface area (Å²) >= 11 is 0. The number of benzene rings is 5. The van der Waals surface area contributed by atoms with Gasteiger partial charge in [-0.25, -0.2) is 0 Å². The molecular weight excluding hydrogens is 1150 g/mol. The monoisotopic (exact) mass is 1230 g/mol. The number of phenols is 2. The van der Waals surface area contributed by atoms with Gasteiger partial charge in [0.15, 0.2) is 11.5 Å². The van der Waals surface area contributed by atoms with Crippen LogP contribution >= 0.6 is 21.6 Å². The lowest BCUT2D eigenvalue weighted by Crippen LogP contribution is -2.52. The summed E-state index contributed by atoms with van der Waals surface area (Å²) in [6.45, 7) is 2.92. The van der Waals surface area contributed by atoms with Crippen LogP contribution in [0.4, 0.5) is 0 Å². The molecule has 5 aromatic rings. The van der Waals surface area contributed by atoms with Crippen LogP contribution in [0.5, 0.6) is 28.7 Å². The lowest BCUT2D eigenvalue weighted by Gasteiger charge is -2.40. The zero-order chi connectivity index (χ0) is 60.5. The van der Waals surface area contributed by atoms with E-state index in [1.54, 1.807) is 20.3 Å². The Balaban J connectivity index is 1.04. The number of carbonyl (C=O) groups excluding carboxylic acids is 1. The number of allylic oxidation sites excluding steroid dienone is 3. The molecule has 1 unspecified atom stereocenters. The van der Waals surface area contributed by atoms with Crippen LogP contribution < -0.4 is 35.9 Å². The molecule has 2 saturated carbocycles. The van der Waals surface area contributed by atoms with Crippen molar-refractivity contribution in [3.8, 4) is 63.6 Å². The highest BCUT2D eigenvalue weighted by Crippen LogP contribution is 2.64. The summed E-state index contributed by atoms with van der Waals surface area (Å²) in [5, 5.41) is 37.1. The summed E-state index contributed by atoms with van der Waals surface area (Å²) in [5.41, 5.74) is 20.0. The molecule has 14 atom stereocenters. The summed E-state index contributed by atoms with van der Waals surface area (Å²) in [7, 11) is 7.35. The Morgan fingerprint density at radius 1 is 0.899 bits per heavy atom. The minimum absolute atomic E-state index is 0.0164. The SMILES string of the molecule is COC[C@@H]1CCNCc2c(O)c3c(c4c2[C@H]2C#CC5=C(C=CC(N)N5)[C@@H](Cc5cccc(c5)C[C@@H]1C#C2)[C@H]1CC[C@]2(Cc5cc(O)cc(OC)c5-c5ccc6c(c52)O[C@H]4[C@H]6COC(C)=O)C1)C=C[C@@H]1N[C@H]2CCC[C@@H](CSS[C@@H](Cc4ccccc4)[C@H]1O3)C2. The van der Waals surface area contributed by atoms with Crippen LogP contribution in [0, 0.1) is 53.3 Å². The van der Waals surface area contributed by atoms with Crippen molar-refractivity contribution in [3.63, 3.8) is 0 Å². The van der Waals surface area contributed by atoms with E-state index in [9.17, 15) is 15.0 Å². The largest absolute Gasteiger partial charge is 0.508 e. The number of esters is 1. The molecule has 4 aliphatic carbocycles. The van der Waals surface area contributed by atoms with E-state index in [4.69, 9.17) is 29.4 Å². The second-order valence-electron chi connectivity index (χ2n) is 26.8. The molecule has 10 aliphatic rings.